The highest BCUT2D eigenvalue weighted by Gasteiger charge is 2.09. The topological polar surface area (TPSA) is 12.0 Å². The van der Waals surface area contributed by atoms with Crippen molar-refractivity contribution in [1.29, 1.82) is 0 Å². The zero-order chi connectivity index (χ0) is 12.9. The van der Waals surface area contributed by atoms with E-state index in [1.165, 1.54) is 57.2 Å². The summed E-state index contributed by atoms with van der Waals surface area (Å²) in [6, 6.07) is 0.741. The van der Waals surface area contributed by atoms with Crippen molar-refractivity contribution in [3.05, 3.63) is 0 Å². The normalized spacial score (nSPS) is 14.8. The maximum absolute atomic E-state index is 3.70. The molecule has 0 aliphatic carbocycles. The van der Waals surface area contributed by atoms with Gasteiger partial charge in [0.2, 0.25) is 0 Å². The summed E-state index contributed by atoms with van der Waals surface area (Å²) in [6.45, 7) is 10.3. The molecule has 0 bridgehead atoms. The van der Waals surface area contributed by atoms with Gasteiger partial charge in [-0.05, 0) is 25.8 Å². The highest BCUT2D eigenvalue weighted by molar-refractivity contribution is 7.99. The average Bonchev–Trinajstić information content (AvgIpc) is 2.36. The van der Waals surface area contributed by atoms with Crippen molar-refractivity contribution in [3.8, 4) is 0 Å². The molecule has 0 aliphatic rings. The predicted octanol–water partition coefficient (Wildman–Crippen LogP) is 4.86. The van der Waals surface area contributed by atoms with E-state index in [0.29, 0.717) is 0 Å². The fraction of sp³-hybridized carbons (Fsp3) is 1.00. The average molecular weight is 260 g/mol. The van der Waals surface area contributed by atoms with Crippen LogP contribution in [0, 0.1) is 0 Å². The van der Waals surface area contributed by atoms with Crippen LogP contribution in [0.15, 0.2) is 0 Å². The number of hydrogen-bond acceptors (Lipinski definition) is 2. The summed E-state index contributed by atoms with van der Waals surface area (Å²) < 4.78 is 0. The van der Waals surface area contributed by atoms with Gasteiger partial charge >= 0.3 is 0 Å². The summed E-state index contributed by atoms with van der Waals surface area (Å²) in [5.74, 6) is 1.29. The van der Waals surface area contributed by atoms with Crippen LogP contribution in [-0.4, -0.2) is 23.6 Å². The molecule has 0 rings (SSSR count). The Hall–Kier alpha value is 0.310. The molecule has 2 heteroatoms. The molecule has 2 unspecified atom stereocenters. The van der Waals surface area contributed by atoms with Crippen molar-refractivity contribution in [2.24, 2.45) is 0 Å². The van der Waals surface area contributed by atoms with Gasteiger partial charge in [-0.25, -0.2) is 0 Å². The largest absolute Gasteiger partial charge is 0.313 e. The van der Waals surface area contributed by atoms with E-state index in [9.17, 15) is 0 Å². The van der Waals surface area contributed by atoms with Crippen LogP contribution in [0.1, 0.15) is 72.6 Å². The van der Waals surface area contributed by atoms with Gasteiger partial charge in [-0.1, -0.05) is 53.4 Å². The number of unbranched alkanes of at least 4 members (excludes halogenated alkanes) is 3. The van der Waals surface area contributed by atoms with Crippen molar-refractivity contribution >= 4 is 11.8 Å². The Bertz CT molecular complexity index is 150. The van der Waals surface area contributed by atoms with E-state index >= 15 is 0 Å². The van der Waals surface area contributed by atoms with E-state index in [2.05, 4.69) is 44.8 Å². The van der Waals surface area contributed by atoms with Crippen LogP contribution in [0.5, 0.6) is 0 Å². The van der Waals surface area contributed by atoms with E-state index < -0.39 is 0 Å². The second kappa shape index (κ2) is 12.8. The molecule has 0 aliphatic heterocycles. The third-order valence-corrected chi connectivity index (χ3v) is 4.74. The number of rotatable bonds is 12. The molecule has 0 fully saturated rings. The zero-order valence-corrected chi connectivity index (χ0v) is 13.2. The lowest BCUT2D eigenvalue weighted by atomic mass is 10.1. The highest BCUT2D eigenvalue weighted by atomic mass is 32.2. The molecule has 0 aromatic rings. The van der Waals surface area contributed by atoms with Crippen molar-refractivity contribution in [2.45, 2.75) is 83.9 Å². The van der Waals surface area contributed by atoms with Gasteiger partial charge in [0, 0.05) is 17.0 Å². The highest BCUT2D eigenvalue weighted by Crippen LogP contribution is 2.17. The first-order chi connectivity index (χ1) is 8.24. The fourth-order valence-electron chi connectivity index (χ4n) is 1.81. The van der Waals surface area contributed by atoms with Crippen molar-refractivity contribution in [2.75, 3.05) is 12.3 Å². The van der Waals surface area contributed by atoms with Crippen LogP contribution in [-0.2, 0) is 0 Å². The molecular formula is C15H33NS. The first kappa shape index (κ1) is 17.3. The smallest absolute Gasteiger partial charge is 0.0158 e. The first-order valence-corrected chi connectivity index (χ1v) is 8.64. The van der Waals surface area contributed by atoms with Gasteiger partial charge < -0.3 is 5.32 Å². The maximum atomic E-state index is 3.70. The lowest BCUT2D eigenvalue weighted by Crippen LogP contribution is -2.32. The zero-order valence-electron chi connectivity index (χ0n) is 12.4. The monoisotopic (exact) mass is 259 g/mol. The number of hydrogen-bond donors (Lipinski definition) is 1. The number of nitrogens with one attached hydrogen (secondary N) is 1. The Morgan fingerprint density at radius 3 is 2.35 bits per heavy atom. The van der Waals surface area contributed by atoms with Gasteiger partial charge in [-0.15, -0.1) is 0 Å². The quantitative estimate of drug-likeness (QED) is 0.502. The minimum atomic E-state index is 0.741. The van der Waals surface area contributed by atoms with Crippen LogP contribution in [0.2, 0.25) is 0 Å². The minimum Gasteiger partial charge on any atom is -0.313 e. The van der Waals surface area contributed by atoms with E-state index in [4.69, 9.17) is 0 Å². The molecule has 0 saturated carbocycles. The van der Waals surface area contributed by atoms with E-state index in [0.717, 1.165) is 11.3 Å². The Kier molecular flexibility index (Phi) is 13.0. The minimum absolute atomic E-state index is 0.741. The van der Waals surface area contributed by atoms with Gasteiger partial charge in [0.1, 0.15) is 0 Å². The summed E-state index contributed by atoms with van der Waals surface area (Å²) in [5, 5.41) is 4.52. The van der Waals surface area contributed by atoms with Crippen LogP contribution >= 0.6 is 11.8 Å². The summed E-state index contributed by atoms with van der Waals surface area (Å²) in [7, 11) is 0. The van der Waals surface area contributed by atoms with Gasteiger partial charge in [0.05, 0.1) is 0 Å². The van der Waals surface area contributed by atoms with Crippen LogP contribution < -0.4 is 5.32 Å². The Morgan fingerprint density at radius 1 is 1.00 bits per heavy atom. The second-order valence-corrected chi connectivity index (χ2v) is 6.52. The molecule has 104 valence electrons. The molecule has 17 heavy (non-hydrogen) atoms. The lowest BCUT2D eigenvalue weighted by molar-refractivity contribution is 0.488. The molecule has 0 aromatic carbocycles. The van der Waals surface area contributed by atoms with Crippen LogP contribution in [0.4, 0.5) is 0 Å². The lowest BCUT2D eigenvalue weighted by Gasteiger charge is -2.20. The first-order valence-electron chi connectivity index (χ1n) is 7.59. The van der Waals surface area contributed by atoms with Crippen LogP contribution in [0.3, 0.4) is 0 Å². The van der Waals surface area contributed by atoms with Crippen molar-refractivity contribution in [1.82, 2.24) is 5.32 Å². The summed E-state index contributed by atoms with van der Waals surface area (Å²) >= 11 is 2.14. The molecular weight excluding hydrogens is 226 g/mol. The van der Waals surface area contributed by atoms with Gasteiger partial charge in [-0.2, -0.15) is 11.8 Å². The van der Waals surface area contributed by atoms with Crippen molar-refractivity contribution in [3.63, 3.8) is 0 Å². The molecule has 1 nitrogen and oxygen atoms in total. The van der Waals surface area contributed by atoms with E-state index in [1.54, 1.807) is 0 Å². The Morgan fingerprint density at radius 2 is 1.76 bits per heavy atom. The van der Waals surface area contributed by atoms with Gasteiger partial charge in [-0.3, -0.25) is 0 Å². The van der Waals surface area contributed by atoms with Crippen LogP contribution in [0.25, 0.3) is 0 Å². The molecule has 0 amide bonds. The molecule has 0 saturated heterocycles. The molecule has 0 heterocycles. The molecule has 0 spiro atoms. The molecule has 0 aromatic heterocycles. The third kappa shape index (κ3) is 11.1. The van der Waals surface area contributed by atoms with Gasteiger partial charge in [0.15, 0.2) is 0 Å². The molecule has 0 radical (unpaired) electrons. The van der Waals surface area contributed by atoms with Crippen molar-refractivity contribution < 1.29 is 0 Å². The third-order valence-electron chi connectivity index (χ3n) is 3.25. The van der Waals surface area contributed by atoms with E-state index in [1.807, 2.05) is 0 Å². The predicted molar refractivity (Wildman–Crippen MR) is 83.1 cm³/mol. The summed E-state index contributed by atoms with van der Waals surface area (Å²) in [5.41, 5.74) is 0. The van der Waals surface area contributed by atoms with Gasteiger partial charge in [0.25, 0.3) is 0 Å². The fourth-order valence-corrected chi connectivity index (χ4v) is 2.89. The standard InChI is InChI=1S/C15H33NS/c1-5-8-9-10-11-15(16-12-6-2)13-17-14(4)7-3/h14-16H,5-13H2,1-4H3. The Balaban J connectivity index is 3.71. The molecule has 2 atom stereocenters. The Labute approximate surface area is 114 Å². The summed E-state index contributed by atoms with van der Waals surface area (Å²) in [6.07, 6.45) is 9.46. The maximum Gasteiger partial charge on any atom is 0.0158 e. The SMILES string of the molecule is CCCCCCC(CSC(C)CC)NCCC. The van der Waals surface area contributed by atoms with E-state index in [-0.39, 0.29) is 0 Å². The second-order valence-electron chi connectivity index (χ2n) is 5.05. The molecule has 1 N–H and O–H groups in total. The summed E-state index contributed by atoms with van der Waals surface area (Å²) in [4.78, 5) is 0. The number of thioether (sulfide) groups is 1.